The molecule has 0 spiro atoms. The molecule has 33 heavy (non-hydrogen) atoms. The van der Waals surface area contributed by atoms with E-state index in [1.807, 2.05) is 30.3 Å². The van der Waals surface area contributed by atoms with E-state index in [1.54, 1.807) is 0 Å². The highest BCUT2D eigenvalue weighted by atomic mass is 16.5. The third-order valence-electron chi connectivity index (χ3n) is 7.87. The Balaban J connectivity index is 1.09. The van der Waals surface area contributed by atoms with Crippen LogP contribution in [0.5, 0.6) is 0 Å². The third kappa shape index (κ3) is 3.63. The molecule has 0 saturated carbocycles. The summed E-state index contributed by atoms with van der Waals surface area (Å²) in [6, 6.07) is 28.1. The molecule has 0 atom stereocenters. The number of hydrogen-bond acceptors (Lipinski definition) is 3. The zero-order chi connectivity index (χ0) is 22.3. The van der Waals surface area contributed by atoms with Crippen molar-refractivity contribution in [1.82, 2.24) is 10.2 Å². The number of nitrogens with one attached hydrogen (secondary N) is 1. The number of carbonyl (C=O) groups is 1. The smallest absolute Gasteiger partial charge is 0.407 e. The third-order valence-corrected chi connectivity index (χ3v) is 7.87. The van der Waals surface area contributed by atoms with Crippen LogP contribution in [0.1, 0.15) is 53.0 Å². The van der Waals surface area contributed by atoms with Crippen molar-refractivity contribution in [3.63, 3.8) is 0 Å². The van der Waals surface area contributed by atoms with Crippen molar-refractivity contribution in [2.75, 3.05) is 19.6 Å². The molecular weight excluding hydrogens is 408 g/mol. The van der Waals surface area contributed by atoms with Crippen molar-refractivity contribution in [3.8, 4) is 0 Å². The summed E-state index contributed by atoms with van der Waals surface area (Å²) < 4.78 is 5.42. The highest BCUT2D eigenvalue weighted by molar-refractivity contribution is 5.67. The number of nitrogens with zero attached hydrogens (tertiary/aromatic N) is 1. The van der Waals surface area contributed by atoms with E-state index in [0.29, 0.717) is 12.5 Å². The summed E-state index contributed by atoms with van der Waals surface area (Å²) in [7, 11) is 0. The van der Waals surface area contributed by atoms with Crippen LogP contribution in [0.15, 0.2) is 78.9 Å². The number of hydrogen-bond donors (Lipinski definition) is 1. The van der Waals surface area contributed by atoms with E-state index in [-0.39, 0.29) is 17.6 Å². The fraction of sp³-hybridized carbons (Fsp3) is 0.345. The lowest BCUT2D eigenvalue weighted by Crippen LogP contribution is -2.48. The van der Waals surface area contributed by atoms with Crippen LogP contribution in [0.4, 0.5) is 4.79 Å². The first kappa shape index (κ1) is 20.5. The molecule has 1 N–H and O–H groups in total. The Hall–Kier alpha value is -3.11. The van der Waals surface area contributed by atoms with Crippen molar-refractivity contribution in [1.29, 1.82) is 0 Å². The van der Waals surface area contributed by atoms with Gasteiger partial charge in [0.2, 0.25) is 0 Å². The minimum atomic E-state index is -0.312. The molecule has 1 heterocycles. The lowest BCUT2D eigenvalue weighted by molar-refractivity contribution is 0.123. The molecule has 2 aliphatic carbocycles. The number of carbonyl (C=O) groups excluding carboxylic acids is 1. The van der Waals surface area contributed by atoms with Crippen LogP contribution in [0.2, 0.25) is 0 Å². The first-order valence-electron chi connectivity index (χ1n) is 12.1. The molecule has 3 aliphatic rings. The summed E-state index contributed by atoms with van der Waals surface area (Å²) in [4.78, 5) is 14.9. The summed E-state index contributed by atoms with van der Waals surface area (Å²) in [5.74, 6) is 0.538. The summed E-state index contributed by atoms with van der Waals surface area (Å²) in [6.45, 7) is 3.37. The monoisotopic (exact) mass is 438 g/mol. The molecule has 3 aromatic carbocycles. The Kier molecular flexibility index (Phi) is 5.18. The molecule has 2 bridgehead atoms. The van der Waals surface area contributed by atoms with Gasteiger partial charge in [-0.25, -0.2) is 4.79 Å². The van der Waals surface area contributed by atoms with Gasteiger partial charge in [0.15, 0.2) is 0 Å². The second-order valence-electron chi connectivity index (χ2n) is 9.77. The van der Waals surface area contributed by atoms with Gasteiger partial charge in [-0.05, 0) is 47.1 Å². The first-order valence-corrected chi connectivity index (χ1v) is 12.1. The minimum absolute atomic E-state index is 0.104. The van der Waals surface area contributed by atoms with Crippen molar-refractivity contribution >= 4 is 6.09 Å². The SMILES string of the molecule is O=C(NC1CCN(CC23CC(c4ccccc42)c2ccccc23)CC1)OCc1ccccc1. The standard InChI is InChI=1S/C29H30N2O2/c32-28(33-19-21-8-2-1-3-9-21)30-22-14-16-31(17-15-22)20-29-18-25(23-10-4-6-12-26(23)29)24-11-5-7-13-27(24)29/h1-13,22,25H,14-20H2,(H,30,32). The van der Waals surface area contributed by atoms with Gasteiger partial charge in [0, 0.05) is 37.0 Å². The fourth-order valence-electron chi connectivity index (χ4n) is 6.36. The Bertz CT molecular complexity index is 1100. The minimum Gasteiger partial charge on any atom is -0.445 e. The van der Waals surface area contributed by atoms with Crippen molar-refractivity contribution < 1.29 is 9.53 Å². The molecule has 1 fully saturated rings. The van der Waals surface area contributed by atoms with Gasteiger partial charge in [-0.2, -0.15) is 0 Å². The highest BCUT2D eigenvalue weighted by Gasteiger charge is 2.53. The van der Waals surface area contributed by atoms with Crippen molar-refractivity contribution in [2.24, 2.45) is 0 Å². The van der Waals surface area contributed by atoms with Crippen molar-refractivity contribution in [2.45, 2.75) is 43.2 Å². The van der Waals surface area contributed by atoms with Crippen LogP contribution in [-0.2, 0) is 16.8 Å². The van der Waals surface area contributed by atoms with Crippen LogP contribution in [-0.4, -0.2) is 36.7 Å². The van der Waals surface area contributed by atoms with E-state index in [4.69, 9.17) is 4.74 Å². The van der Waals surface area contributed by atoms with Gasteiger partial charge in [0.25, 0.3) is 0 Å². The molecule has 1 saturated heterocycles. The topological polar surface area (TPSA) is 41.6 Å². The normalized spacial score (nSPS) is 23.7. The predicted molar refractivity (Wildman–Crippen MR) is 129 cm³/mol. The summed E-state index contributed by atoms with van der Waals surface area (Å²) in [5.41, 5.74) is 7.21. The number of ether oxygens (including phenoxy) is 1. The molecule has 3 aromatic rings. The van der Waals surface area contributed by atoms with Gasteiger partial charge < -0.3 is 15.0 Å². The zero-order valence-corrected chi connectivity index (χ0v) is 18.9. The molecule has 0 unspecified atom stereocenters. The van der Waals surface area contributed by atoms with E-state index >= 15 is 0 Å². The maximum atomic E-state index is 12.3. The summed E-state index contributed by atoms with van der Waals surface area (Å²) in [5, 5.41) is 3.08. The molecule has 4 heteroatoms. The van der Waals surface area contributed by atoms with E-state index in [2.05, 4.69) is 58.7 Å². The second kappa shape index (κ2) is 8.35. The average Bonchev–Trinajstić information content (AvgIpc) is 3.37. The Morgan fingerprint density at radius 3 is 2.15 bits per heavy atom. The quantitative estimate of drug-likeness (QED) is 0.594. The fourth-order valence-corrected chi connectivity index (χ4v) is 6.36. The Morgan fingerprint density at radius 1 is 0.879 bits per heavy atom. The molecule has 0 aromatic heterocycles. The number of fused-ring (bicyclic) bond motifs is 8. The van der Waals surface area contributed by atoms with Gasteiger partial charge >= 0.3 is 6.09 Å². The highest BCUT2D eigenvalue weighted by Crippen LogP contribution is 2.60. The molecule has 1 amide bonds. The van der Waals surface area contributed by atoms with Crippen LogP contribution < -0.4 is 5.32 Å². The maximum absolute atomic E-state index is 12.3. The molecular formula is C29H30N2O2. The number of rotatable bonds is 5. The zero-order valence-electron chi connectivity index (χ0n) is 18.9. The largest absolute Gasteiger partial charge is 0.445 e. The van der Waals surface area contributed by atoms with Gasteiger partial charge in [0.1, 0.15) is 6.61 Å². The average molecular weight is 439 g/mol. The van der Waals surface area contributed by atoms with E-state index in [1.165, 1.54) is 28.7 Å². The van der Waals surface area contributed by atoms with Crippen molar-refractivity contribution in [3.05, 3.63) is 107 Å². The summed E-state index contributed by atoms with van der Waals surface area (Å²) in [6.07, 6.45) is 2.80. The van der Waals surface area contributed by atoms with Gasteiger partial charge in [-0.1, -0.05) is 78.9 Å². The van der Waals surface area contributed by atoms with Crippen LogP contribution in [0, 0.1) is 0 Å². The van der Waals surface area contributed by atoms with Gasteiger partial charge in [-0.15, -0.1) is 0 Å². The maximum Gasteiger partial charge on any atom is 0.407 e. The van der Waals surface area contributed by atoms with Crippen LogP contribution in [0.3, 0.4) is 0 Å². The molecule has 0 radical (unpaired) electrons. The molecule has 168 valence electrons. The lowest BCUT2D eigenvalue weighted by atomic mass is 9.74. The predicted octanol–water partition coefficient (Wildman–Crippen LogP) is 5.21. The first-order chi connectivity index (χ1) is 16.2. The number of piperidine rings is 1. The van der Waals surface area contributed by atoms with Gasteiger partial charge in [0.05, 0.1) is 0 Å². The molecule has 1 aliphatic heterocycles. The Labute approximate surface area is 195 Å². The van der Waals surface area contributed by atoms with Crippen LogP contribution in [0.25, 0.3) is 0 Å². The lowest BCUT2D eigenvalue weighted by Gasteiger charge is -2.39. The second-order valence-corrected chi connectivity index (χ2v) is 9.77. The summed E-state index contributed by atoms with van der Waals surface area (Å²) >= 11 is 0. The molecule has 6 rings (SSSR count). The van der Waals surface area contributed by atoms with E-state index in [0.717, 1.165) is 38.0 Å². The van der Waals surface area contributed by atoms with Crippen LogP contribution >= 0.6 is 0 Å². The molecule has 4 nitrogen and oxygen atoms in total. The number of amides is 1. The van der Waals surface area contributed by atoms with E-state index < -0.39 is 0 Å². The number of alkyl carbamates (subject to hydrolysis) is 1. The number of benzene rings is 3. The Morgan fingerprint density at radius 2 is 1.48 bits per heavy atom. The van der Waals surface area contributed by atoms with E-state index in [9.17, 15) is 4.79 Å². The van der Waals surface area contributed by atoms with Gasteiger partial charge in [-0.3, -0.25) is 0 Å². The number of likely N-dealkylation sites (tertiary alicyclic amines) is 1.